The molecule has 0 radical (unpaired) electrons. The third kappa shape index (κ3) is 3.64. The van der Waals surface area contributed by atoms with Gasteiger partial charge in [0.2, 0.25) is 0 Å². The maximum absolute atomic E-state index is 12.5. The van der Waals surface area contributed by atoms with Crippen LogP contribution in [-0.4, -0.2) is 15.3 Å². The van der Waals surface area contributed by atoms with Crippen molar-refractivity contribution >= 4 is 28.3 Å². The first-order valence-electron chi connectivity index (χ1n) is 8.27. The Labute approximate surface area is 151 Å². The van der Waals surface area contributed by atoms with E-state index < -0.39 is 0 Å². The average molecular weight is 355 g/mol. The molecule has 0 spiro atoms. The van der Waals surface area contributed by atoms with Gasteiger partial charge >= 0.3 is 0 Å². The molecule has 0 aliphatic rings. The number of carbonyl (C=O) groups is 1. The van der Waals surface area contributed by atoms with Crippen molar-refractivity contribution < 1.29 is 4.79 Å². The van der Waals surface area contributed by atoms with Crippen LogP contribution in [0, 0.1) is 0 Å². The van der Waals surface area contributed by atoms with Crippen LogP contribution in [0.5, 0.6) is 0 Å². The zero-order valence-electron chi connectivity index (χ0n) is 14.2. The number of nitrogens with zero attached hydrogens (tertiary/aromatic N) is 2. The minimum atomic E-state index is -0.267. The number of hydrogen-bond acceptors (Lipinski definition) is 3. The van der Waals surface area contributed by atoms with Crippen molar-refractivity contribution in [2.45, 2.75) is 32.7 Å². The van der Waals surface area contributed by atoms with Crippen LogP contribution in [0.25, 0.3) is 10.9 Å². The van der Waals surface area contributed by atoms with E-state index in [1.807, 2.05) is 24.3 Å². The zero-order valence-corrected chi connectivity index (χ0v) is 15.0. The number of hydrogen-bond donors (Lipinski definition) is 0. The highest BCUT2D eigenvalue weighted by Crippen LogP contribution is 2.19. The number of benzene rings is 2. The maximum atomic E-state index is 12.5. The predicted octanol–water partition coefficient (Wildman–Crippen LogP) is 4.45. The van der Waals surface area contributed by atoms with Gasteiger partial charge in [0.05, 0.1) is 23.8 Å². The molecule has 0 fully saturated rings. The summed E-state index contributed by atoms with van der Waals surface area (Å²) in [6.45, 7) is 4.24. The van der Waals surface area contributed by atoms with Crippen molar-refractivity contribution in [3.63, 3.8) is 0 Å². The average Bonchev–Trinajstić information content (AvgIpc) is 2.64. The van der Waals surface area contributed by atoms with Crippen molar-refractivity contribution in [1.29, 1.82) is 0 Å². The lowest BCUT2D eigenvalue weighted by atomic mass is 9.97. The van der Waals surface area contributed by atoms with Gasteiger partial charge in [0.25, 0.3) is 5.56 Å². The van der Waals surface area contributed by atoms with Crippen molar-refractivity contribution in [3.05, 3.63) is 75.3 Å². The Balaban J connectivity index is 1.87. The summed E-state index contributed by atoms with van der Waals surface area (Å²) in [4.78, 5) is 29.3. The van der Waals surface area contributed by atoms with Crippen molar-refractivity contribution in [1.82, 2.24) is 9.55 Å². The molecule has 0 saturated carbocycles. The summed E-state index contributed by atoms with van der Waals surface area (Å²) in [5.74, 6) is 0.335. The molecule has 1 heterocycles. The van der Waals surface area contributed by atoms with E-state index in [1.54, 1.807) is 18.2 Å². The molecule has 4 nitrogen and oxygen atoms in total. The van der Waals surface area contributed by atoms with Gasteiger partial charge < -0.3 is 0 Å². The lowest BCUT2D eigenvalue weighted by molar-refractivity contribution is 0.0970. The fraction of sp³-hybridized carbons (Fsp3) is 0.250. The molecule has 5 heteroatoms. The number of halogens is 1. The molecule has 25 heavy (non-hydrogen) atoms. The SMILES string of the molecule is CCC(C)c1ccc(C(=O)Cn2cnc3ccc(Cl)cc3c2=O)cc1. The highest BCUT2D eigenvalue weighted by atomic mass is 35.5. The number of fused-ring (bicyclic) bond motifs is 1. The smallest absolute Gasteiger partial charge is 0.261 e. The van der Waals surface area contributed by atoms with E-state index in [1.165, 1.54) is 16.5 Å². The minimum absolute atomic E-state index is 0.0447. The van der Waals surface area contributed by atoms with E-state index in [4.69, 9.17) is 11.6 Å². The number of aromatic nitrogens is 2. The summed E-state index contributed by atoms with van der Waals surface area (Å²) in [6.07, 6.45) is 2.46. The van der Waals surface area contributed by atoms with E-state index in [9.17, 15) is 9.59 Å². The van der Waals surface area contributed by atoms with Crippen LogP contribution in [0.3, 0.4) is 0 Å². The van der Waals surface area contributed by atoms with Crippen LogP contribution < -0.4 is 5.56 Å². The van der Waals surface area contributed by atoms with Crippen LogP contribution in [0.2, 0.25) is 5.02 Å². The third-order valence-electron chi connectivity index (χ3n) is 4.51. The molecule has 2 aromatic carbocycles. The van der Waals surface area contributed by atoms with E-state index in [0.29, 0.717) is 27.4 Å². The van der Waals surface area contributed by atoms with E-state index in [2.05, 4.69) is 18.8 Å². The Hall–Kier alpha value is -2.46. The van der Waals surface area contributed by atoms with Crippen molar-refractivity contribution in [3.8, 4) is 0 Å². The Bertz CT molecular complexity index is 977. The molecule has 1 atom stereocenters. The molecule has 1 aromatic heterocycles. The summed E-state index contributed by atoms with van der Waals surface area (Å²) in [5.41, 5.74) is 2.09. The van der Waals surface area contributed by atoms with Gasteiger partial charge in [-0.1, -0.05) is 49.7 Å². The van der Waals surface area contributed by atoms with Crippen LogP contribution in [0.15, 0.2) is 53.6 Å². The first kappa shape index (κ1) is 17.4. The molecule has 0 aliphatic heterocycles. The van der Waals surface area contributed by atoms with Gasteiger partial charge in [-0.25, -0.2) is 4.98 Å². The molecule has 0 amide bonds. The molecule has 0 saturated heterocycles. The van der Waals surface area contributed by atoms with Crippen molar-refractivity contribution in [2.75, 3.05) is 0 Å². The maximum Gasteiger partial charge on any atom is 0.261 e. The van der Waals surface area contributed by atoms with Crippen LogP contribution in [0.4, 0.5) is 0 Å². The number of carbonyl (C=O) groups excluding carboxylic acids is 1. The number of ketones is 1. The summed E-state index contributed by atoms with van der Waals surface area (Å²) in [6, 6.07) is 12.5. The van der Waals surface area contributed by atoms with Gasteiger partial charge in [-0.05, 0) is 36.1 Å². The molecule has 0 N–H and O–H groups in total. The Kier molecular flexibility index (Phi) is 5.00. The van der Waals surface area contributed by atoms with Gasteiger partial charge in [-0.2, -0.15) is 0 Å². The van der Waals surface area contributed by atoms with E-state index in [0.717, 1.165) is 6.42 Å². The minimum Gasteiger partial charge on any atom is -0.292 e. The van der Waals surface area contributed by atoms with Crippen LogP contribution in [0.1, 0.15) is 42.1 Å². The summed E-state index contributed by atoms with van der Waals surface area (Å²) < 4.78 is 1.32. The molecule has 0 aliphatic carbocycles. The Morgan fingerprint density at radius 3 is 2.60 bits per heavy atom. The number of Topliss-reactive ketones (excluding diaryl/α,β-unsaturated/α-hetero) is 1. The highest BCUT2D eigenvalue weighted by Gasteiger charge is 2.11. The van der Waals surface area contributed by atoms with Gasteiger partial charge in [-0.3, -0.25) is 14.2 Å². The fourth-order valence-electron chi connectivity index (χ4n) is 2.72. The molecular formula is C20H19ClN2O2. The second-order valence-electron chi connectivity index (χ2n) is 6.19. The topological polar surface area (TPSA) is 52.0 Å². The first-order valence-corrected chi connectivity index (χ1v) is 8.65. The molecule has 128 valence electrons. The molecule has 0 bridgehead atoms. The van der Waals surface area contributed by atoms with Gasteiger partial charge in [0, 0.05) is 10.6 Å². The van der Waals surface area contributed by atoms with Gasteiger partial charge in [0.15, 0.2) is 5.78 Å². The first-order chi connectivity index (χ1) is 12.0. The van der Waals surface area contributed by atoms with E-state index in [-0.39, 0.29) is 17.9 Å². The second kappa shape index (κ2) is 7.19. The van der Waals surface area contributed by atoms with E-state index >= 15 is 0 Å². The molecular weight excluding hydrogens is 336 g/mol. The summed E-state index contributed by atoms with van der Waals surface area (Å²) in [5, 5.41) is 0.881. The quantitative estimate of drug-likeness (QED) is 0.636. The summed E-state index contributed by atoms with van der Waals surface area (Å²) >= 11 is 5.95. The summed E-state index contributed by atoms with van der Waals surface area (Å²) in [7, 11) is 0. The lowest BCUT2D eigenvalue weighted by Crippen LogP contribution is -2.24. The number of rotatable bonds is 5. The molecule has 3 rings (SSSR count). The lowest BCUT2D eigenvalue weighted by Gasteiger charge is -2.10. The van der Waals surface area contributed by atoms with Crippen LogP contribution in [-0.2, 0) is 6.54 Å². The van der Waals surface area contributed by atoms with Crippen molar-refractivity contribution in [2.24, 2.45) is 0 Å². The standard InChI is InChI=1S/C20H19ClN2O2/c1-3-13(2)14-4-6-15(7-5-14)19(24)11-23-12-22-18-9-8-16(21)10-17(18)20(23)25/h4-10,12-13H,3,11H2,1-2H3. The Morgan fingerprint density at radius 2 is 1.92 bits per heavy atom. The Morgan fingerprint density at radius 1 is 1.20 bits per heavy atom. The normalized spacial score (nSPS) is 12.3. The fourth-order valence-corrected chi connectivity index (χ4v) is 2.90. The van der Waals surface area contributed by atoms with Gasteiger partial charge in [-0.15, -0.1) is 0 Å². The van der Waals surface area contributed by atoms with Gasteiger partial charge in [0.1, 0.15) is 0 Å². The zero-order chi connectivity index (χ0) is 18.0. The largest absolute Gasteiger partial charge is 0.292 e. The highest BCUT2D eigenvalue weighted by molar-refractivity contribution is 6.31. The molecule has 1 unspecified atom stereocenters. The molecule has 3 aromatic rings. The monoisotopic (exact) mass is 354 g/mol. The second-order valence-corrected chi connectivity index (χ2v) is 6.63. The van der Waals surface area contributed by atoms with Crippen LogP contribution >= 0.6 is 11.6 Å². The predicted molar refractivity (Wildman–Crippen MR) is 100 cm³/mol. The third-order valence-corrected chi connectivity index (χ3v) is 4.75.